The molecule has 0 aliphatic rings. The highest BCUT2D eigenvalue weighted by atomic mass is 16.8. The van der Waals surface area contributed by atoms with Crippen molar-refractivity contribution in [1.29, 1.82) is 0 Å². The number of allylic oxidation sites excluding steroid dienone is 2. The van der Waals surface area contributed by atoms with Crippen molar-refractivity contribution < 1.29 is 5.21 Å². The van der Waals surface area contributed by atoms with Crippen LogP contribution in [0.5, 0.6) is 0 Å². The van der Waals surface area contributed by atoms with Crippen LogP contribution in [-0.2, 0) is 0 Å². The van der Waals surface area contributed by atoms with Gasteiger partial charge in [-0.25, -0.2) is 0 Å². The summed E-state index contributed by atoms with van der Waals surface area (Å²) in [4.78, 5) is 0. The van der Waals surface area contributed by atoms with E-state index in [2.05, 4.69) is 0 Å². The van der Waals surface area contributed by atoms with E-state index >= 15 is 0 Å². The van der Waals surface area contributed by atoms with Crippen LogP contribution in [0.1, 0.15) is 20.8 Å². The topological polar surface area (TPSA) is 46.5 Å². The summed E-state index contributed by atoms with van der Waals surface area (Å²) < 4.78 is 0. The van der Waals surface area contributed by atoms with Gasteiger partial charge in [-0.15, -0.1) is 0 Å². The van der Waals surface area contributed by atoms with Crippen LogP contribution < -0.4 is 0 Å². The molecule has 3 nitrogen and oxygen atoms in total. The minimum Gasteiger partial charge on any atom is -0.734 e. The Kier molecular flexibility index (Phi) is 2.51. The Balaban J connectivity index is 4.00. The Labute approximate surface area is 48.8 Å². The lowest BCUT2D eigenvalue weighted by Gasteiger charge is -2.23. The lowest BCUT2D eigenvalue weighted by molar-refractivity contribution is -0.00431. The van der Waals surface area contributed by atoms with E-state index in [0.29, 0.717) is 5.70 Å². The van der Waals surface area contributed by atoms with Crippen LogP contribution in [0, 0.1) is 5.21 Å². The second kappa shape index (κ2) is 2.69. The van der Waals surface area contributed by atoms with E-state index in [-0.39, 0.29) is 5.23 Å². The Morgan fingerprint density at radius 3 is 1.75 bits per heavy atom. The molecule has 0 unspecified atom stereocenters. The van der Waals surface area contributed by atoms with Gasteiger partial charge >= 0.3 is 0 Å². The van der Waals surface area contributed by atoms with Crippen molar-refractivity contribution in [2.75, 3.05) is 0 Å². The maximum atomic E-state index is 10.00. The molecule has 0 radical (unpaired) electrons. The van der Waals surface area contributed by atoms with Gasteiger partial charge in [-0.2, -0.15) is 0 Å². The largest absolute Gasteiger partial charge is 0.734 e. The number of hydrogen-bond acceptors (Lipinski definition) is 3. The van der Waals surface area contributed by atoms with Crippen LogP contribution in [0.25, 0.3) is 0 Å². The van der Waals surface area contributed by atoms with Crippen LogP contribution in [0.4, 0.5) is 0 Å². The average molecular weight is 116 g/mol. The monoisotopic (exact) mass is 116 g/mol. The standard InChI is InChI=1S/C5H10NO2/c1-4(2)5(3)6(7)8/h7H,1-3H3/q-1. The van der Waals surface area contributed by atoms with Crippen molar-refractivity contribution in [3.05, 3.63) is 16.5 Å². The van der Waals surface area contributed by atoms with Crippen LogP contribution in [-0.4, -0.2) is 10.4 Å². The highest BCUT2D eigenvalue weighted by Gasteiger charge is 1.87. The highest BCUT2D eigenvalue weighted by Crippen LogP contribution is 2.03. The van der Waals surface area contributed by atoms with Gasteiger partial charge in [-0.05, 0) is 20.8 Å². The number of nitrogens with zero attached hydrogens (tertiary/aromatic N) is 1. The van der Waals surface area contributed by atoms with Crippen LogP contribution in [0.15, 0.2) is 11.3 Å². The molecule has 0 amide bonds. The fraction of sp³-hybridized carbons (Fsp3) is 0.600. The molecule has 0 bridgehead atoms. The molecule has 0 saturated heterocycles. The summed E-state index contributed by atoms with van der Waals surface area (Å²) in [5, 5.41) is 18.1. The lowest BCUT2D eigenvalue weighted by atomic mass is 10.3. The zero-order valence-electron chi connectivity index (χ0n) is 5.30. The van der Waals surface area contributed by atoms with E-state index in [0.717, 1.165) is 5.57 Å². The van der Waals surface area contributed by atoms with Gasteiger partial charge in [-0.3, -0.25) is 5.21 Å². The third-order valence-electron chi connectivity index (χ3n) is 1.01. The van der Waals surface area contributed by atoms with E-state index in [1.807, 2.05) is 0 Å². The second-order valence-corrected chi connectivity index (χ2v) is 1.86. The van der Waals surface area contributed by atoms with Crippen LogP contribution in [0.3, 0.4) is 0 Å². The fourth-order valence-corrected chi connectivity index (χ4v) is 0.191. The first kappa shape index (κ1) is 7.46. The van der Waals surface area contributed by atoms with Crippen molar-refractivity contribution in [2.24, 2.45) is 0 Å². The summed E-state index contributed by atoms with van der Waals surface area (Å²) in [6.45, 7) is 5.08. The zero-order valence-corrected chi connectivity index (χ0v) is 5.30. The quantitative estimate of drug-likeness (QED) is 0.528. The van der Waals surface area contributed by atoms with Crippen LogP contribution in [0.2, 0.25) is 0 Å². The number of hydroxylamine groups is 2. The van der Waals surface area contributed by atoms with E-state index < -0.39 is 0 Å². The van der Waals surface area contributed by atoms with Gasteiger partial charge in [0.15, 0.2) is 0 Å². The predicted molar refractivity (Wildman–Crippen MR) is 31.0 cm³/mol. The SMILES string of the molecule is CC(C)=C(C)N([O-])O. The first-order chi connectivity index (χ1) is 3.55. The summed E-state index contributed by atoms with van der Waals surface area (Å²) in [6, 6.07) is 0. The maximum Gasteiger partial charge on any atom is 0.0238 e. The normalized spacial score (nSPS) is 8.62. The molecule has 0 aromatic heterocycles. The van der Waals surface area contributed by atoms with Crippen molar-refractivity contribution in [3.63, 3.8) is 0 Å². The third kappa shape index (κ3) is 1.95. The third-order valence-corrected chi connectivity index (χ3v) is 1.01. The van der Waals surface area contributed by atoms with E-state index in [1.54, 1.807) is 20.8 Å². The number of hydrogen-bond donors (Lipinski definition) is 1. The average Bonchev–Trinajstić information content (AvgIpc) is 1.64. The fourth-order valence-electron chi connectivity index (χ4n) is 0.191. The van der Waals surface area contributed by atoms with Crippen molar-refractivity contribution in [3.8, 4) is 0 Å². The predicted octanol–water partition coefficient (Wildman–Crippen LogP) is 1.49. The van der Waals surface area contributed by atoms with E-state index in [4.69, 9.17) is 5.21 Å². The summed E-state index contributed by atoms with van der Waals surface area (Å²) in [7, 11) is 0. The summed E-state index contributed by atoms with van der Waals surface area (Å²) >= 11 is 0. The number of rotatable bonds is 1. The molecular weight excluding hydrogens is 106 g/mol. The molecule has 0 heterocycles. The lowest BCUT2D eigenvalue weighted by Crippen LogP contribution is -2.07. The van der Waals surface area contributed by atoms with Crippen molar-refractivity contribution in [2.45, 2.75) is 20.8 Å². The van der Waals surface area contributed by atoms with Crippen molar-refractivity contribution in [1.82, 2.24) is 5.23 Å². The molecular formula is C5H10NO2-. The zero-order chi connectivity index (χ0) is 6.73. The maximum absolute atomic E-state index is 10.00. The molecule has 48 valence electrons. The van der Waals surface area contributed by atoms with Gasteiger partial charge in [-0.1, -0.05) is 5.57 Å². The Morgan fingerprint density at radius 1 is 1.38 bits per heavy atom. The van der Waals surface area contributed by atoms with Gasteiger partial charge in [0.1, 0.15) is 0 Å². The first-order valence-corrected chi connectivity index (χ1v) is 2.36. The molecule has 0 aromatic carbocycles. The van der Waals surface area contributed by atoms with Crippen LogP contribution >= 0.6 is 0 Å². The molecule has 8 heavy (non-hydrogen) atoms. The molecule has 1 N–H and O–H groups in total. The van der Waals surface area contributed by atoms with Gasteiger partial charge < -0.3 is 10.4 Å². The Hall–Kier alpha value is -0.540. The second-order valence-electron chi connectivity index (χ2n) is 1.86. The van der Waals surface area contributed by atoms with E-state index in [1.165, 1.54) is 0 Å². The van der Waals surface area contributed by atoms with Gasteiger partial charge in [0.05, 0.1) is 0 Å². The van der Waals surface area contributed by atoms with Gasteiger partial charge in [0.25, 0.3) is 0 Å². The minimum absolute atomic E-state index is 0.130. The van der Waals surface area contributed by atoms with Gasteiger partial charge in [0, 0.05) is 5.70 Å². The summed E-state index contributed by atoms with van der Waals surface area (Å²) in [5.74, 6) is 0. The molecule has 0 fully saturated rings. The van der Waals surface area contributed by atoms with Crippen molar-refractivity contribution >= 4 is 0 Å². The molecule has 0 aliphatic heterocycles. The first-order valence-electron chi connectivity index (χ1n) is 2.36. The molecule has 3 heteroatoms. The molecule has 0 saturated carbocycles. The van der Waals surface area contributed by atoms with Gasteiger partial charge in [0.2, 0.25) is 0 Å². The smallest absolute Gasteiger partial charge is 0.0238 e. The van der Waals surface area contributed by atoms with E-state index in [9.17, 15) is 5.21 Å². The Morgan fingerprint density at radius 2 is 1.75 bits per heavy atom. The summed E-state index contributed by atoms with van der Waals surface area (Å²) in [5.41, 5.74) is 1.17. The highest BCUT2D eigenvalue weighted by molar-refractivity contribution is 5.03. The molecule has 0 aromatic rings. The minimum atomic E-state index is -0.130. The molecule has 0 spiro atoms. The molecule has 0 rings (SSSR count). The molecule has 0 aliphatic carbocycles. The summed E-state index contributed by atoms with van der Waals surface area (Å²) in [6.07, 6.45) is 0. The molecule has 0 atom stereocenters. The Bertz CT molecular complexity index is 103.